The minimum absolute atomic E-state index is 0.166. The molecule has 1 rings (SSSR count). The number of allylic oxidation sites excluding steroid dienone is 3. The molecular formula is C83H161NO8. The molecule has 7 atom stereocenters. The molecule has 9 nitrogen and oxygen atoms in total. The quantitative estimate of drug-likeness (QED) is 0.0261. The van der Waals surface area contributed by atoms with E-state index in [0.29, 0.717) is 6.42 Å². The summed E-state index contributed by atoms with van der Waals surface area (Å²) in [7, 11) is 0. The molecule has 0 aromatic heterocycles. The minimum Gasteiger partial charge on any atom is -0.394 e. The van der Waals surface area contributed by atoms with Crippen LogP contribution in [-0.4, -0.2) is 87.5 Å². The number of hydrogen-bond acceptors (Lipinski definition) is 8. The standard InChI is InChI=1S/C83H161NO8/c1-3-5-7-9-11-13-15-17-19-21-23-25-27-29-31-33-35-37-38-39-40-41-43-45-47-49-51-53-55-57-59-61-63-65-67-69-71-73-79(87)84-76(75-91-83-82(90)81(89)80(88)78(74-85)92-83)77(86)72-70-68-66-64-62-60-58-56-54-52-50-48-46-44-42-36-34-32-30-28-26-24-22-20-18-16-14-12-10-8-6-4-2/h21,23,70,72,76-78,80-83,85-86,88-90H,3-20,22,24-69,71,73-75H2,1-2H3,(H,84,87)/b23-21-,72-70+. The van der Waals surface area contributed by atoms with Crippen LogP contribution < -0.4 is 5.32 Å². The molecule has 6 N–H and O–H groups in total. The number of nitrogens with one attached hydrogen (secondary N) is 1. The van der Waals surface area contributed by atoms with Gasteiger partial charge in [-0.05, 0) is 44.9 Å². The van der Waals surface area contributed by atoms with Crippen LogP contribution in [0.5, 0.6) is 0 Å². The second kappa shape index (κ2) is 72.4. The van der Waals surface area contributed by atoms with Crippen molar-refractivity contribution < 1.29 is 39.8 Å². The minimum atomic E-state index is -1.57. The second-order valence-electron chi connectivity index (χ2n) is 29.3. The molecule has 1 aliphatic heterocycles. The third-order valence-corrected chi connectivity index (χ3v) is 20.3. The zero-order valence-electron chi connectivity index (χ0n) is 61.6. The fraction of sp³-hybridized carbons (Fsp3) is 0.940. The topological polar surface area (TPSA) is 149 Å². The van der Waals surface area contributed by atoms with Gasteiger partial charge in [-0.3, -0.25) is 4.79 Å². The van der Waals surface area contributed by atoms with Gasteiger partial charge in [-0.25, -0.2) is 0 Å². The zero-order valence-corrected chi connectivity index (χ0v) is 61.6. The average molecular weight is 1300 g/mol. The molecule has 1 saturated heterocycles. The molecule has 0 radical (unpaired) electrons. The molecule has 546 valence electrons. The maximum Gasteiger partial charge on any atom is 0.220 e. The van der Waals surface area contributed by atoms with E-state index in [1.165, 1.54) is 385 Å². The third-order valence-electron chi connectivity index (χ3n) is 20.3. The normalized spacial score (nSPS) is 17.7. The molecule has 1 amide bonds. The number of carbonyl (C=O) groups is 1. The van der Waals surface area contributed by atoms with E-state index in [2.05, 4.69) is 31.3 Å². The van der Waals surface area contributed by atoms with Gasteiger partial charge in [0.05, 0.1) is 25.4 Å². The predicted molar refractivity (Wildman–Crippen MR) is 397 cm³/mol. The Labute approximate surface area is 572 Å². The maximum atomic E-state index is 13.2. The van der Waals surface area contributed by atoms with Crippen LogP contribution in [0.1, 0.15) is 444 Å². The summed E-state index contributed by atoms with van der Waals surface area (Å²) in [6.45, 7) is 3.85. The van der Waals surface area contributed by atoms with Crippen molar-refractivity contribution in [1.29, 1.82) is 0 Å². The summed E-state index contributed by atoms with van der Waals surface area (Å²) in [6.07, 6.45) is 90.6. The molecule has 0 bridgehead atoms. The van der Waals surface area contributed by atoms with E-state index < -0.39 is 49.5 Å². The lowest BCUT2D eigenvalue weighted by Gasteiger charge is -2.40. The Morgan fingerprint density at radius 1 is 0.359 bits per heavy atom. The molecule has 1 heterocycles. The van der Waals surface area contributed by atoms with E-state index in [-0.39, 0.29) is 12.5 Å². The highest BCUT2D eigenvalue weighted by Crippen LogP contribution is 2.24. The number of aliphatic hydroxyl groups is 5. The van der Waals surface area contributed by atoms with Gasteiger partial charge in [0, 0.05) is 6.42 Å². The molecule has 92 heavy (non-hydrogen) atoms. The first kappa shape index (κ1) is 88.7. The summed E-state index contributed by atoms with van der Waals surface area (Å²) >= 11 is 0. The highest BCUT2D eigenvalue weighted by molar-refractivity contribution is 5.76. The monoisotopic (exact) mass is 1300 g/mol. The summed E-state index contributed by atoms with van der Waals surface area (Å²) in [5, 5.41) is 55.0. The summed E-state index contributed by atoms with van der Waals surface area (Å²) in [6, 6.07) is -0.804. The molecule has 7 unspecified atom stereocenters. The van der Waals surface area contributed by atoms with Gasteiger partial charge in [0.15, 0.2) is 6.29 Å². The summed E-state index contributed by atoms with van der Waals surface area (Å²) < 4.78 is 11.4. The van der Waals surface area contributed by atoms with Crippen molar-refractivity contribution in [2.45, 2.75) is 487 Å². The van der Waals surface area contributed by atoms with Crippen LogP contribution in [0.15, 0.2) is 24.3 Å². The van der Waals surface area contributed by atoms with Crippen molar-refractivity contribution in [1.82, 2.24) is 5.32 Å². The van der Waals surface area contributed by atoms with Crippen molar-refractivity contribution in [3.05, 3.63) is 24.3 Å². The highest BCUT2D eigenvalue weighted by atomic mass is 16.7. The van der Waals surface area contributed by atoms with Gasteiger partial charge in [-0.15, -0.1) is 0 Å². The van der Waals surface area contributed by atoms with Crippen LogP contribution in [0.4, 0.5) is 0 Å². The van der Waals surface area contributed by atoms with Crippen LogP contribution >= 0.6 is 0 Å². The Kier molecular flexibility index (Phi) is 69.8. The van der Waals surface area contributed by atoms with E-state index in [1.807, 2.05) is 6.08 Å². The number of ether oxygens (including phenoxy) is 2. The van der Waals surface area contributed by atoms with Gasteiger partial charge in [-0.2, -0.15) is 0 Å². The van der Waals surface area contributed by atoms with Crippen LogP contribution in [0.25, 0.3) is 0 Å². The summed E-state index contributed by atoms with van der Waals surface area (Å²) in [5.74, 6) is -0.166. The Balaban J connectivity index is 2.04. The number of unbranched alkanes of at least 4 members (excludes halogenated alkanes) is 63. The van der Waals surface area contributed by atoms with Crippen molar-refractivity contribution >= 4 is 5.91 Å². The molecule has 1 aliphatic rings. The van der Waals surface area contributed by atoms with E-state index in [9.17, 15) is 30.3 Å². The molecular weight excluding hydrogens is 1140 g/mol. The fourth-order valence-electron chi connectivity index (χ4n) is 13.8. The first-order valence-corrected chi connectivity index (χ1v) is 41.6. The number of rotatable bonds is 75. The van der Waals surface area contributed by atoms with Gasteiger partial charge < -0.3 is 40.3 Å². The number of hydrogen-bond donors (Lipinski definition) is 6. The van der Waals surface area contributed by atoms with Gasteiger partial charge in [0.2, 0.25) is 5.91 Å². The van der Waals surface area contributed by atoms with Crippen molar-refractivity contribution in [3.63, 3.8) is 0 Å². The van der Waals surface area contributed by atoms with Gasteiger partial charge in [-0.1, -0.05) is 417 Å². The van der Waals surface area contributed by atoms with Crippen LogP contribution in [0.3, 0.4) is 0 Å². The predicted octanol–water partition coefficient (Wildman–Crippen LogP) is 23.9. The van der Waals surface area contributed by atoms with Gasteiger partial charge in [0.1, 0.15) is 24.4 Å². The van der Waals surface area contributed by atoms with Crippen LogP contribution in [0, 0.1) is 0 Å². The van der Waals surface area contributed by atoms with E-state index in [1.54, 1.807) is 6.08 Å². The van der Waals surface area contributed by atoms with Gasteiger partial charge >= 0.3 is 0 Å². The summed E-state index contributed by atoms with van der Waals surface area (Å²) in [5.41, 5.74) is 0. The first-order valence-electron chi connectivity index (χ1n) is 41.6. The molecule has 0 aliphatic carbocycles. The molecule has 1 fully saturated rings. The smallest absolute Gasteiger partial charge is 0.220 e. The third kappa shape index (κ3) is 59.9. The van der Waals surface area contributed by atoms with E-state index in [0.717, 1.165) is 38.5 Å². The van der Waals surface area contributed by atoms with Crippen LogP contribution in [0.2, 0.25) is 0 Å². The lowest BCUT2D eigenvalue weighted by molar-refractivity contribution is -0.302. The van der Waals surface area contributed by atoms with Crippen molar-refractivity contribution in [3.8, 4) is 0 Å². The van der Waals surface area contributed by atoms with Crippen molar-refractivity contribution in [2.24, 2.45) is 0 Å². The number of carbonyl (C=O) groups excluding carboxylic acids is 1. The van der Waals surface area contributed by atoms with E-state index >= 15 is 0 Å². The Morgan fingerprint density at radius 3 is 0.880 bits per heavy atom. The molecule has 9 heteroatoms. The molecule has 0 saturated carbocycles. The van der Waals surface area contributed by atoms with Crippen LogP contribution in [-0.2, 0) is 14.3 Å². The Morgan fingerprint density at radius 2 is 0.609 bits per heavy atom. The average Bonchev–Trinajstić information content (AvgIpc) is 1.00. The molecule has 0 aromatic carbocycles. The number of amides is 1. The Hall–Kier alpha value is -1.33. The maximum absolute atomic E-state index is 13.2. The first-order chi connectivity index (χ1) is 45.3. The lowest BCUT2D eigenvalue weighted by atomic mass is 9.99. The van der Waals surface area contributed by atoms with Crippen molar-refractivity contribution in [2.75, 3.05) is 13.2 Å². The zero-order chi connectivity index (χ0) is 66.4. The van der Waals surface area contributed by atoms with Gasteiger partial charge in [0.25, 0.3) is 0 Å². The molecule has 0 aromatic rings. The lowest BCUT2D eigenvalue weighted by Crippen LogP contribution is -2.60. The SMILES string of the molecule is CCCCCCCCCC/C=C\CCCCCCCCCCCCCCCCCCCCCCCCCCCC(=O)NC(COC1OC(CO)C(O)C(O)C1O)C(O)/C=C/CCCCCCCCCCCCCCCCCCCCCCCCCCCCCCCC. The largest absolute Gasteiger partial charge is 0.394 e. The summed E-state index contributed by atoms with van der Waals surface area (Å²) in [4.78, 5) is 13.2. The second-order valence-corrected chi connectivity index (χ2v) is 29.3. The Bertz CT molecular complexity index is 1510. The van der Waals surface area contributed by atoms with E-state index in [4.69, 9.17) is 9.47 Å². The fourth-order valence-corrected chi connectivity index (χ4v) is 13.8. The highest BCUT2D eigenvalue weighted by Gasteiger charge is 2.44. The number of aliphatic hydroxyl groups excluding tert-OH is 5. The molecule has 0 spiro atoms.